The van der Waals surface area contributed by atoms with E-state index in [0.717, 1.165) is 19.3 Å². The molecule has 5 heteroatoms. The molecule has 0 saturated heterocycles. The number of carboxylic acid groups (broad SMARTS) is 1. The molecule has 1 fully saturated rings. The number of nitrogens with one attached hydrogen (secondary N) is 2. The zero-order valence-electron chi connectivity index (χ0n) is 11.9. The fourth-order valence-corrected chi connectivity index (χ4v) is 3.23. The Morgan fingerprint density at radius 3 is 2.62 bits per heavy atom. The Morgan fingerprint density at radius 2 is 2.00 bits per heavy atom. The summed E-state index contributed by atoms with van der Waals surface area (Å²) in [5, 5.41) is 15.2. The van der Waals surface area contributed by atoms with Gasteiger partial charge in [-0.2, -0.15) is 0 Å². The lowest BCUT2D eigenvalue weighted by molar-refractivity contribution is -0.140. The molecule has 3 rings (SSSR count). The fraction of sp³-hybridized carbons (Fsp3) is 0.500. The molecule has 0 unspecified atom stereocenters. The number of fused-ring (bicyclic) bond motifs is 1. The molecule has 0 radical (unpaired) electrons. The van der Waals surface area contributed by atoms with Crippen molar-refractivity contribution in [3.05, 3.63) is 35.4 Å². The van der Waals surface area contributed by atoms with Gasteiger partial charge in [-0.15, -0.1) is 0 Å². The van der Waals surface area contributed by atoms with Gasteiger partial charge in [0.1, 0.15) is 0 Å². The Kier molecular flexibility index (Phi) is 3.68. The number of carboxylic acids is 1. The Labute approximate surface area is 123 Å². The van der Waals surface area contributed by atoms with Crippen molar-refractivity contribution in [2.75, 3.05) is 0 Å². The van der Waals surface area contributed by atoms with Crippen LogP contribution in [0.25, 0.3) is 0 Å². The molecule has 1 aromatic carbocycles. The summed E-state index contributed by atoms with van der Waals surface area (Å²) >= 11 is 0. The molecule has 21 heavy (non-hydrogen) atoms. The van der Waals surface area contributed by atoms with E-state index in [1.54, 1.807) is 0 Å². The topological polar surface area (TPSA) is 78.4 Å². The van der Waals surface area contributed by atoms with Crippen molar-refractivity contribution in [2.24, 2.45) is 0 Å². The highest BCUT2D eigenvalue weighted by molar-refractivity contribution is 5.84. The summed E-state index contributed by atoms with van der Waals surface area (Å²) in [6, 6.07) is 7.82. The van der Waals surface area contributed by atoms with E-state index in [9.17, 15) is 9.59 Å². The van der Waals surface area contributed by atoms with Crippen LogP contribution >= 0.6 is 0 Å². The van der Waals surface area contributed by atoms with Crippen LogP contribution in [0.5, 0.6) is 0 Å². The number of aliphatic carboxylic acids is 1. The van der Waals surface area contributed by atoms with Crippen molar-refractivity contribution >= 4 is 11.9 Å². The first kappa shape index (κ1) is 14.1. The van der Waals surface area contributed by atoms with Crippen LogP contribution in [0.1, 0.15) is 36.8 Å². The van der Waals surface area contributed by atoms with Gasteiger partial charge in [0, 0.05) is 6.54 Å². The number of hydrogen-bond acceptors (Lipinski definition) is 3. The maximum atomic E-state index is 12.4. The molecule has 1 heterocycles. The Hall–Kier alpha value is -1.88. The summed E-state index contributed by atoms with van der Waals surface area (Å²) in [5.74, 6) is -0.928. The first-order valence-corrected chi connectivity index (χ1v) is 7.42. The van der Waals surface area contributed by atoms with Crippen LogP contribution in [0.4, 0.5) is 0 Å². The smallest absolute Gasteiger partial charge is 0.305 e. The third kappa shape index (κ3) is 2.93. The molecule has 1 atom stereocenters. The van der Waals surface area contributed by atoms with E-state index in [2.05, 4.69) is 16.7 Å². The zero-order valence-corrected chi connectivity index (χ0v) is 11.9. The number of rotatable bonds is 4. The van der Waals surface area contributed by atoms with Crippen molar-refractivity contribution in [3.63, 3.8) is 0 Å². The predicted octanol–water partition coefficient (Wildman–Crippen LogP) is 1.21. The maximum Gasteiger partial charge on any atom is 0.305 e. The molecular formula is C16H20N2O3. The standard InChI is InChI=1S/C16H20N2O3/c19-14(20)9-16(6-3-7-16)18-15(21)13-8-11-4-1-2-5-12(11)10-17-13/h1-2,4-5,13,17H,3,6-10H2,(H,18,21)(H,19,20)/t13-/m0/s1. The lowest BCUT2D eigenvalue weighted by Gasteiger charge is -2.42. The third-order valence-electron chi connectivity index (χ3n) is 4.59. The van der Waals surface area contributed by atoms with Gasteiger partial charge >= 0.3 is 5.97 Å². The first-order valence-electron chi connectivity index (χ1n) is 7.42. The molecule has 1 aliphatic carbocycles. The highest BCUT2D eigenvalue weighted by atomic mass is 16.4. The first-order chi connectivity index (χ1) is 10.1. The van der Waals surface area contributed by atoms with E-state index >= 15 is 0 Å². The number of hydrogen-bond donors (Lipinski definition) is 3. The minimum absolute atomic E-state index is 0.0159. The molecule has 1 aliphatic heterocycles. The van der Waals surface area contributed by atoms with Crippen molar-refractivity contribution in [2.45, 2.75) is 50.2 Å². The van der Waals surface area contributed by atoms with Crippen LogP contribution in [0.15, 0.2) is 24.3 Å². The maximum absolute atomic E-state index is 12.4. The van der Waals surface area contributed by atoms with Crippen LogP contribution in [-0.2, 0) is 22.6 Å². The molecule has 1 saturated carbocycles. The number of carbonyl (C=O) groups excluding carboxylic acids is 1. The lowest BCUT2D eigenvalue weighted by atomic mass is 9.74. The second kappa shape index (κ2) is 5.48. The van der Waals surface area contributed by atoms with E-state index in [0.29, 0.717) is 13.0 Å². The van der Waals surface area contributed by atoms with E-state index in [4.69, 9.17) is 5.11 Å². The fourth-order valence-electron chi connectivity index (χ4n) is 3.23. The summed E-state index contributed by atoms with van der Waals surface area (Å²) in [6.07, 6.45) is 3.17. The van der Waals surface area contributed by atoms with Gasteiger partial charge < -0.3 is 15.7 Å². The lowest BCUT2D eigenvalue weighted by Crippen LogP contribution is -2.59. The molecule has 3 N–H and O–H groups in total. The van der Waals surface area contributed by atoms with Gasteiger partial charge in [0.25, 0.3) is 0 Å². The molecule has 1 aromatic rings. The van der Waals surface area contributed by atoms with Gasteiger partial charge in [0.15, 0.2) is 0 Å². The highest BCUT2D eigenvalue weighted by Gasteiger charge is 2.41. The van der Waals surface area contributed by atoms with E-state index in [1.807, 2.05) is 18.2 Å². The molecule has 0 spiro atoms. The normalized spacial score (nSPS) is 22.8. The number of benzene rings is 1. The van der Waals surface area contributed by atoms with Gasteiger partial charge in [-0.1, -0.05) is 24.3 Å². The Balaban J connectivity index is 1.65. The van der Waals surface area contributed by atoms with Crippen LogP contribution < -0.4 is 10.6 Å². The highest BCUT2D eigenvalue weighted by Crippen LogP contribution is 2.35. The van der Waals surface area contributed by atoms with Crippen LogP contribution in [0.3, 0.4) is 0 Å². The number of carbonyl (C=O) groups is 2. The summed E-state index contributed by atoms with van der Waals surface area (Å²) in [5.41, 5.74) is 1.89. The van der Waals surface area contributed by atoms with Gasteiger partial charge in [-0.3, -0.25) is 9.59 Å². The van der Waals surface area contributed by atoms with Crippen LogP contribution in [0, 0.1) is 0 Å². The summed E-state index contributed by atoms with van der Waals surface area (Å²) < 4.78 is 0. The van der Waals surface area contributed by atoms with Crippen molar-refractivity contribution in [3.8, 4) is 0 Å². The van der Waals surface area contributed by atoms with E-state index < -0.39 is 11.5 Å². The van der Waals surface area contributed by atoms with Crippen molar-refractivity contribution in [1.29, 1.82) is 0 Å². The van der Waals surface area contributed by atoms with Crippen LogP contribution in [-0.4, -0.2) is 28.6 Å². The molecule has 0 bridgehead atoms. The van der Waals surface area contributed by atoms with Crippen LogP contribution in [0.2, 0.25) is 0 Å². The van der Waals surface area contributed by atoms with Gasteiger partial charge in [-0.05, 0) is 36.8 Å². The van der Waals surface area contributed by atoms with Gasteiger partial charge in [0.05, 0.1) is 18.0 Å². The monoisotopic (exact) mass is 288 g/mol. The third-order valence-corrected chi connectivity index (χ3v) is 4.59. The summed E-state index contributed by atoms with van der Waals surface area (Å²) in [7, 11) is 0. The minimum Gasteiger partial charge on any atom is -0.481 e. The number of amides is 1. The average molecular weight is 288 g/mol. The van der Waals surface area contributed by atoms with E-state index in [1.165, 1.54) is 11.1 Å². The second-order valence-corrected chi connectivity index (χ2v) is 6.10. The average Bonchev–Trinajstić information content (AvgIpc) is 2.43. The molecular weight excluding hydrogens is 268 g/mol. The van der Waals surface area contributed by atoms with E-state index in [-0.39, 0.29) is 18.4 Å². The van der Waals surface area contributed by atoms with Crippen molar-refractivity contribution in [1.82, 2.24) is 10.6 Å². The quantitative estimate of drug-likeness (QED) is 0.778. The Bertz CT molecular complexity index is 566. The Morgan fingerprint density at radius 1 is 1.29 bits per heavy atom. The summed E-state index contributed by atoms with van der Waals surface area (Å²) in [6.45, 7) is 0.681. The molecule has 2 aliphatic rings. The molecule has 0 aromatic heterocycles. The zero-order chi connectivity index (χ0) is 14.9. The molecule has 1 amide bonds. The van der Waals surface area contributed by atoms with Gasteiger partial charge in [0.2, 0.25) is 5.91 Å². The minimum atomic E-state index is -0.850. The van der Waals surface area contributed by atoms with Gasteiger partial charge in [-0.25, -0.2) is 0 Å². The summed E-state index contributed by atoms with van der Waals surface area (Å²) in [4.78, 5) is 23.4. The van der Waals surface area contributed by atoms with Crippen molar-refractivity contribution < 1.29 is 14.7 Å². The largest absolute Gasteiger partial charge is 0.481 e. The SMILES string of the molecule is O=C(O)CC1(NC(=O)[C@@H]2Cc3ccccc3CN2)CCC1. The predicted molar refractivity (Wildman–Crippen MR) is 77.8 cm³/mol. The molecule has 112 valence electrons. The second-order valence-electron chi connectivity index (χ2n) is 6.10. The molecule has 5 nitrogen and oxygen atoms in total.